The number of hydrogen-bond donors (Lipinski definition) is 3. The second-order valence-electron chi connectivity index (χ2n) is 9.89. The number of nitrogens with zero attached hydrogens (tertiary/aromatic N) is 2. The highest BCUT2D eigenvalue weighted by Gasteiger charge is 2.31. The monoisotopic (exact) mass is 541 g/mol. The topological polar surface area (TPSA) is 103 Å². The van der Waals surface area contributed by atoms with Crippen molar-refractivity contribution in [2.75, 3.05) is 37.4 Å². The first-order valence-corrected chi connectivity index (χ1v) is 13.6. The number of halogens is 1. The number of nitrogens with two attached hydrogens (primary N) is 1. The molecule has 3 heterocycles. The van der Waals surface area contributed by atoms with Gasteiger partial charge in [-0.05, 0) is 48.2 Å². The summed E-state index contributed by atoms with van der Waals surface area (Å²) >= 11 is 0. The SMILES string of the molecule is CCOc1cc(O[C@H]2CCOC2)c(F)c(C(Nc2ccc3c(N)nccc3c2)C2=NC(c3ccccc3)CN2)c1. The van der Waals surface area contributed by atoms with E-state index in [-0.39, 0.29) is 17.9 Å². The third-order valence-corrected chi connectivity index (χ3v) is 7.18. The van der Waals surface area contributed by atoms with Gasteiger partial charge in [0.25, 0.3) is 0 Å². The van der Waals surface area contributed by atoms with E-state index in [9.17, 15) is 0 Å². The summed E-state index contributed by atoms with van der Waals surface area (Å²) in [5.74, 6) is 1.29. The summed E-state index contributed by atoms with van der Waals surface area (Å²) in [6, 6.07) is 20.4. The molecule has 1 fully saturated rings. The summed E-state index contributed by atoms with van der Waals surface area (Å²) < 4.78 is 33.7. The van der Waals surface area contributed by atoms with Crippen molar-refractivity contribution >= 4 is 28.1 Å². The van der Waals surface area contributed by atoms with E-state index in [0.29, 0.717) is 55.8 Å². The van der Waals surface area contributed by atoms with Crippen LogP contribution < -0.4 is 25.8 Å². The predicted molar refractivity (Wildman–Crippen MR) is 155 cm³/mol. The average Bonchev–Trinajstić information content (AvgIpc) is 3.67. The zero-order chi connectivity index (χ0) is 27.5. The van der Waals surface area contributed by atoms with Gasteiger partial charge in [-0.2, -0.15) is 0 Å². The van der Waals surface area contributed by atoms with Gasteiger partial charge in [0, 0.05) is 41.9 Å². The van der Waals surface area contributed by atoms with Crippen LogP contribution in [0.25, 0.3) is 10.8 Å². The lowest BCUT2D eigenvalue weighted by atomic mass is 10.0. The molecule has 0 bridgehead atoms. The molecule has 8 nitrogen and oxygen atoms in total. The maximum Gasteiger partial charge on any atom is 0.171 e. The normalized spacial score (nSPS) is 19.2. The number of aromatic nitrogens is 1. The van der Waals surface area contributed by atoms with E-state index in [1.807, 2.05) is 49.4 Å². The van der Waals surface area contributed by atoms with Gasteiger partial charge in [-0.15, -0.1) is 0 Å². The molecule has 206 valence electrons. The number of pyridine rings is 1. The molecule has 2 unspecified atom stereocenters. The quantitative estimate of drug-likeness (QED) is 0.260. The van der Waals surface area contributed by atoms with Crippen molar-refractivity contribution in [3.8, 4) is 11.5 Å². The molecule has 4 aromatic rings. The second kappa shape index (κ2) is 11.4. The Bertz CT molecular complexity index is 1520. The zero-order valence-corrected chi connectivity index (χ0v) is 22.3. The van der Waals surface area contributed by atoms with Crippen molar-refractivity contribution in [2.24, 2.45) is 4.99 Å². The van der Waals surface area contributed by atoms with Crippen LogP contribution in [0.2, 0.25) is 0 Å². The van der Waals surface area contributed by atoms with Gasteiger partial charge in [0.15, 0.2) is 11.6 Å². The van der Waals surface area contributed by atoms with E-state index in [2.05, 4.69) is 27.8 Å². The van der Waals surface area contributed by atoms with Crippen LogP contribution in [0.3, 0.4) is 0 Å². The molecule has 3 atom stereocenters. The highest BCUT2D eigenvalue weighted by molar-refractivity contribution is 5.95. The molecule has 2 aliphatic rings. The van der Waals surface area contributed by atoms with Gasteiger partial charge in [-0.25, -0.2) is 9.37 Å². The van der Waals surface area contributed by atoms with E-state index in [1.165, 1.54) is 0 Å². The molecule has 9 heteroatoms. The molecule has 0 spiro atoms. The van der Waals surface area contributed by atoms with Gasteiger partial charge >= 0.3 is 0 Å². The maximum atomic E-state index is 16.3. The smallest absolute Gasteiger partial charge is 0.171 e. The Morgan fingerprint density at radius 2 is 2.02 bits per heavy atom. The minimum absolute atomic E-state index is 0.0903. The fourth-order valence-electron chi connectivity index (χ4n) is 5.18. The second-order valence-corrected chi connectivity index (χ2v) is 9.89. The van der Waals surface area contributed by atoms with Crippen LogP contribution >= 0.6 is 0 Å². The fraction of sp³-hybridized carbons (Fsp3) is 0.290. The Morgan fingerprint density at radius 3 is 2.83 bits per heavy atom. The van der Waals surface area contributed by atoms with Crippen LogP contribution in [0.4, 0.5) is 15.9 Å². The number of ether oxygens (including phenoxy) is 3. The van der Waals surface area contributed by atoms with E-state index >= 15 is 4.39 Å². The number of hydrogen-bond acceptors (Lipinski definition) is 8. The van der Waals surface area contributed by atoms with Crippen LogP contribution in [-0.2, 0) is 4.74 Å². The van der Waals surface area contributed by atoms with Gasteiger partial charge in [-0.3, -0.25) is 4.99 Å². The lowest BCUT2D eigenvalue weighted by molar-refractivity contribution is 0.137. The third kappa shape index (κ3) is 5.37. The molecule has 0 aliphatic carbocycles. The summed E-state index contributed by atoms with van der Waals surface area (Å²) in [6.07, 6.45) is 2.17. The first-order valence-electron chi connectivity index (χ1n) is 13.6. The first-order chi connectivity index (χ1) is 19.6. The molecule has 6 rings (SSSR count). The Morgan fingerprint density at radius 1 is 1.15 bits per heavy atom. The van der Waals surface area contributed by atoms with E-state index < -0.39 is 11.9 Å². The third-order valence-electron chi connectivity index (χ3n) is 7.18. The molecule has 0 saturated carbocycles. The van der Waals surface area contributed by atoms with Crippen molar-refractivity contribution < 1.29 is 18.6 Å². The predicted octanol–water partition coefficient (Wildman–Crippen LogP) is 5.42. The molecule has 4 N–H and O–H groups in total. The van der Waals surface area contributed by atoms with Crippen molar-refractivity contribution in [3.63, 3.8) is 0 Å². The minimum Gasteiger partial charge on any atom is -0.494 e. The summed E-state index contributed by atoms with van der Waals surface area (Å²) in [4.78, 5) is 9.18. The van der Waals surface area contributed by atoms with Crippen LogP contribution in [0.1, 0.15) is 36.6 Å². The Balaban J connectivity index is 1.42. The molecule has 3 aromatic carbocycles. The van der Waals surface area contributed by atoms with Crippen LogP contribution in [0, 0.1) is 5.82 Å². The number of anilines is 2. The van der Waals surface area contributed by atoms with Crippen LogP contribution in [0.15, 0.2) is 77.9 Å². The van der Waals surface area contributed by atoms with Gasteiger partial charge in [-0.1, -0.05) is 30.3 Å². The molecule has 0 radical (unpaired) electrons. The number of nitrogens with one attached hydrogen (secondary N) is 2. The Labute approximate surface area is 232 Å². The summed E-state index contributed by atoms with van der Waals surface area (Å²) in [7, 11) is 0. The van der Waals surface area contributed by atoms with E-state index in [0.717, 1.165) is 22.0 Å². The molecule has 2 aliphatic heterocycles. The average molecular weight is 542 g/mol. The molecule has 40 heavy (non-hydrogen) atoms. The van der Waals surface area contributed by atoms with Gasteiger partial charge in [0.05, 0.1) is 25.9 Å². The molecule has 1 saturated heterocycles. The van der Waals surface area contributed by atoms with Crippen molar-refractivity contribution in [3.05, 3.63) is 89.9 Å². The van der Waals surface area contributed by atoms with Crippen LogP contribution in [0.5, 0.6) is 11.5 Å². The number of amidine groups is 1. The van der Waals surface area contributed by atoms with Gasteiger partial charge in [0.2, 0.25) is 0 Å². The van der Waals surface area contributed by atoms with Crippen molar-refractivity contribution in [1.29, 1.82) is 0 Å². The van der Waals surface area contributed by atoms with E-state index in [1.54, 1.807) is 18.3 Å². The number of nitrogen functional groups attached to an aromatic ring is 1. The molecular weight excluding hydrogens is 509 g/mol. The zero-order valence-electron chi connectivity index (χ0n) is 22.3. The van der Waals surface area contributed by atoms with Gasteiger partial charge < -0.3 is 30.6 Å². The standard InChI is InChI=1S/C31H32FN5O3/c1-2-39-23-15-25(28(32)27(16-23)40-22-11-13-38-18-22)29(31-35-17-26(37-31)19-6-4-3-5-7-19)36-21-8-9-24-20(14-21)10-12-34-30(24)33/h3-10,12,14-16,22,26,29,36H,2,11,13,17-18H2,1H3,(H2,33,34)(H,35,37)/t22-,26?,29?/m0/s1. The largest absolute Gasteiger partial charge is 0.494 e. The maximum absolute atomic E-state index is 16.3. The van der Waals surface area contributed by atoms with Crippen molar-refractivity contribution in [1.82, 2.24) is 10.3 Å². The Kier molecular flexibility index (Phi) is 7.37. The number of fused-ring (bicyclic) bond motifs is 1. The highest BCUT2D eigenvalue weighted by Crippen LogP contribution is 2.36. The summed E-state index contributed by atoms with van der Waals surface area (Å²) in [5, 5.41) is 8.73. The molecular formula is C31H32FN5O3. The van der Waals surface area contributed by atoms with Crippen molar-refractivity contribution in [2.45, 2.75) is 31.5 Å². The molecule has 1 aromatic heterocycles. The summed E-state index contributed by atoms with van der Waals surface area (Å²) in [5.41, 5.74) is 8.31. The van der Waals surface area contributed by atoms with Gasteiger partial charge in [0.1, 0.15) is 29.5 Å². The van der Waals surface area contributed by atoms with Crippen LogP contribution in [-0.4, -0.2) is 43.3 Å². The Hall–Kier alpha value is -4.37. The minimum atomic E-state index is -0.645. The number of benzene rings is 3. The lowest BCUT2D eigenvalue weighted by Crippen LogP contribution is -2.31. The summed E-state index contributed by atoms with van der Waals surface area (Å²) in [6.45, 7) is 3.96. The van der Waals surface area contributed by atoms with E-state index in [4.69, 9.17) is 24.9 Å². The first kappa shape index (κ1) is 25.9. The fourth-order valence-corrected chi connectivity index (χ4v) is 5.18. The molecule has 0 amide bonds. The number of rotatable bonds is 9. The lowest BCUT2D eigenvalue weighted by Gasteiger charge is -2.24. The number of aliphatic imine (C=N–C) groups is 1. The highest BCUT2D eigenvalue weighted by atomic mass is 19.1.